The summed E-state index contributed by atoms with van der Waals surface area (Å²) in [6, 6.07) is 4.85. The summed E-state index contributed by atoms with van der Waals surface area (Å²) >= 11 is 0. The summed E-state index contributed by atoms with van der Waals surface area (Å²) < 4.78 is 12.0. The van der Waals surface area contributed by atoms with E-state index in [1.54, 1.807) is 18.2 Å². The molecule has 0 fully saturated rings. The van der Waals surface area contributed by atoms with E-state index in [4.69, 9.17) is 9.47 Å². The molecule has 0 saturated heterocycles. The third kappa shape index (κ3) is 28.0. The molecule has 0 spiro atoms. The van der Waals surface area contributed by atoms with E-state index in [-0.39, 0.29) is 5.56 Å². The number of hydrogen-bond acceptors (Lipinski definition) is 4. The molecule has 0 saturated carbocycles. The molecule has 6 nitrogen and oxygen atoms in total. The van der Waals surface area contributed by atoms with Gasteiger partial charge in [0.25, 0.3) is 0 Å². The molecule has 0 unspecified atom stereocenters. The number of carboxylic acids is 2. The molecule has 2 N–H and O–H groups in total. The Balaban J connectivity index is 2.22. The molecule has 0 amide bonds. The van der Waals surface area contributed by atoms with Gasteiger partial charge in [-0.1, -0.05) is 206 Å². The molecule has 0 heterocycles. The van der Waals surface area contributed by atoms with E-state index in [1.807, 2.05) is 0 Å². The predicted molar refractivity (Wildman–Crippen MR) is 215 cm³/mol. The van der Waals surface area contributed by atoms with Crippen molar-refractivity contribution >= 4 is 11.9 Å². The molecule has 296 valence electrons. The van der Waals surface area contributed by atoms with Gasteiger partial charge in [0.05, 0.1) is 13.2 Å². The molecular formula is C45H80O6. The first-order valence-corrected chi connectivity index (χ1v) is 21.9. The number of aliphatic carboxylic acids is 2. The van der Waals surface area contributed by atoms with Crippen LogP contribution in [0, 0.1) is 0 Å². The van der Waals surface area contributed by atoms with Gasteiger partial charge >= 0.3 is 11.9 Å². The van der Waals surface area contributed by atoms with E-state index >= 15 is 0 Å². The van der Waals surface area contributed by atoms with Crippen molar-refractivity contribution in [2.45, 2.75) is 225 Å². The molecule has 0 bridgehead atoms. The smallest absolute Gasteiger partial charge is 0.322 e. The second kappa shape index (κ2) is 34.8. The highest BCUT2D eigenvalue weighted by molar-refractivity contribution is 5.99. The molecule has 0 radical (unpaired) electrons. The third-order valence-electron chi connectivity index (χ3n) is 10.3. The fourth-order valence-electron chi connectivity index (χ4n) is 7.00. The largest absolute Gasteiger partial charge is 0.493 e. The van der Waals surface area contributed by atoms with Crippen molar-refractivity contribution in [3.63, 3.8) is 0 Å². The minimum atomic E-state index is -1.65. The average molecular weight is 717 g/mol. The molecule has 6 heteroatoms. The summed E-state index contributed by atoms with van der Waals surface area (Å²) in [5, 5.41) is 19.2. The number of carbonyl (C=O) groups is 2. The van der Waals surface area contributed by atoms with Gasteiger partial charge in [-0.15, -0.1) is 0 Å². The maximum atomic E-state index is 11.8. The van der Waals surface area contributed by atoms with Crippen molar-refractivity contribution in [3.05, 3.63) is 23.8 Å². The minimum Gasteiger partial charge on any atom is -0.493 e. The standard InChI is InChI=1S/C45H80O6/c1-3-5-7-9-11-13-15-17-19-21-23-25-27-29-31-33-35-50-41-37-40(43(44(46)47)45(48)49)38-42(39-41)51-36-34-32-30-28-26-24-22-20-18-16-14-12-10-8-6-4-2/h37-39,43H,3-36H2,1-2H3,(H,46,47)(H,48,49). The van der Waals surface area contributed by atoms with E-state index in [2.05, 4.69) is 13.8 Å². The van der Waals surface area contributed by atoms with Crippen LogP contribution < -0.4 is 9.47 Å². The van der Waals surface area contributed by atoms with E-state index in [1.165, 1.54) is 180 Å². The van der Waals surface area contributed by atoms with Crippen molar-refractivity contribution in [1.29, 1.82) is 0 Å². The van der Waals surface area contributed by atoms with Crippen LogP contribution in [0.15, 0.2) is 18.2 Å². The first kappa shape index (κ1) is 46.8. The zero-order valence-corrected chi connectivity index (χ0v) is 33.4. The first-order valence-electron chi connectivity index (χ1n) is 21.9. The van der Waals surface area contributed by atoms with Crippen LogP contribution in [0.4, 0.5) is 0 Å². The second-order valence-corrected chi connectivity index (χ2v) is 15.2. The predicted octanol–water partition coefficient (Wildman–Crippen LogP) is 14.2. The van der Waals surface area contributed by atoms with Crippen molar-refractivity contribution in [2.75, 3.05) is 13.2 Å². The van der Waals surface area contributed by atoms with Crippen molar-refractivity contribution in [1.82, 2.24) is 0 Å². The van der Waals surface area contributed by atoms with Gasteiger partial charge in [-0.05, 0) is 30.5 Å². The highest BCUT2D eigenvalue weighted by Gasteiger charge is 2.29. The zero-order chi connectivity index (χ0) is 37.0. The Morgan fingerprint density at radius 1 is 0.412 bits per heavy atom. The molecule has 1 aromatic carbocycles. The number of benzene rings is 1. The third-order valence-corrected chi connectivity index (χ3v) is 10.3. The molecule has 0 aliphatic rings. The van der Waals surface area contributed by atoms with Crippen molar-refractivity contribution in [3.8, 4) is 11.5 Å². The van der Waals surface area contributed by atoms with Gasteiger partial charge in [-0.3, -0.25) is 9.59 Å². The number of unbranched alkanes of at least 4 members (excludes halogenated alkanes) is 30. The average Bonchev–Trinajstić information content (AvgIpc) is 3.10. The molecule has 0 aromatic heterocycles. The van der Waals surface area contributed by atoms with Crippen molar-refractivity contribution in [2.24, 2.45) is 0 Å². The molecule has 0 atom stereocenters. The lowest BCUT2D eigenvalue weighted by Crippen LogP contribution is -2.21. The Morgan fingerprint density at radius 3 is 0.882 bits per heavy atom. The van der Waals surface area contributed by atoms with Crippen LogP contribution in [0.5, 0.6) is 11.5 Å². The second-order valence-electron chi connectivity index (χ2n) is 15.2. The van der Waals surface area contributed by atoms with E-state index in [0.717, 1.165) is 25.7 Å². The molecule has 1 rings (SSSR count). The van der Waals surface area contributed by atoms with Crippen LogP contribution >= 0.6 is 0 Å². The van der Waals surface area contributed by atoms with E-state index in [9.17, 15) is 19.8 Å². The fourth-order valence-corrected chi connectivity index (χ4v) is 7.00. The van der Waals surface area contributed by atoms with E-state index < -0.39 is 17.9 Å². The summed E-state index contributed by atoms with van der Waals surface area (Å²) in [6.07, 6.45) is 41.9. The van der Waals surface area contributed by atoms with Crippen LogP contribution in [0.25, 0.3) is 0 Å². The van der Waals surface area contributed by atoms with Gasteiger partial charge in [-0.25, -0.2) is 0 Å². The normalized spacial score (nSPS) is 11.4. The Morgan fingerprint density at radius 2 is 0.647 bits per heavy atom. The van der Waals surface area contributed by atoms with Crippen LogP contribution in [-0.2, 0) is 9.59 Å². The number of carboxylic acid groups (broad SMARTS) is 2. The van der Waals surface area contributed by atoms with Gasteiger partial charge in [0.1, 0.15) is 11.5 Å². The monoisotopic (exact) mass is 717 g/mol. The SMILES string of the molecule is CCCCCCCCCCCCCCCCCCOc1cc(OCCCCCCCCCCCCCCCCCC)cc(C(C(=O)O)C(=O)O)c1. The first-order chi connectivity index (χ1) is 25.0. The minimum absolute atomic E-state index is 0.182. The van der Waals surface area contributed by atoms with Gasteiger partial charge < -0.3 is 19.7 Å². The highest BCUT2D eigenvalue weighted by Crippen LogP contribution is 2.29. The lowest BCUT2D eigenvalue weighted by atomic mass is 9.99. The van der Waals surface area contributed by atoms with Crippen LogP contribution in [0.2, 0.25) is 0 Å². The van der Waals surface area contributed by atoms with E-state index in [0.29, 0.717) is 24.7 Å². The van der Waals surface area contributed by atoms with Crippen LogP contribution in [0.1, 0.15) is 231 Å². The maximum absolute atomic E-state index is 11.8. The van der Waals surface area contributed by atoms with Crippen LogP contribution in [0.3, 0.4) is 0 Å². The number of hydrogen-bond donors (Lipinski definition) is 2. The molecular weight excluding hydrogens is 636 g/mol. The van der Waals surface area contributed by atoms with Crippen LogP contribution in [-0.4, -0.2) is 35.4 Å². The molecule has 1 aromatic rings. The Bertz CT molecular complexity index is 876. The number of ether oxygens (including phenoxy) is 2. The summed E-state index contributed by atoms with van der Waals surface area (Å²) in [4.78, 5) is 23.5. The molecule has 0 aliphatic heterocycles. The quantitative estimate of drug-likeness (QED) is 0.0520. The number of rotatable bonds is 39. The summed E-state index contributed by atoms with van der Waals surface area (Å²) in [5.74, 6) is -3.48. The summed E-state index contributed by atoms with van der Waals surface area (Å²) in [7, 11) is 0. The lowest BCUT2D eigenvalue weighted by Gasteiger charge is -2.15. The summed E-state index contributed by atoms with van der Waals surface area (Å²) in [6.45, 7) is 5.58. The Labute approximate surface area is 314 Å². The topological polar surface area (TPSA) is 93.1 Å². The Hall–Kier alpha value is -2.24. The van der Waals surface area contributed by atoms with Gasteiger partial charge in [0.15, 0.2) is 5.92 Å². The van der Waals surface area contributed by atoms with Gasteiger partial charge in [-0.2, -0.15) is 0 Å². The molecule has 51 heavy (non-hydrogen) atoms. The zero-order valence-electron chi connectivity index (χ0n) is 33.4. The van der Waals surface area contributed by atoms with Gasteiger partial charge in [0, 0.05) is 6.07 Å². The lowest BCUT2D eigenvalue weighted by molar-refractivity contribution is -0.150. The van der Waals surface area contributed by atoms with Crippen molar-refractivity contribution < 1.29 is 29.3 Å². The summed E-state index contributed by atoms with van der Waals surface area (Å²) in [5.41, 5.74) is 0.182. The Kier molecular flexibility index (Phi) is 31.9. The van der Waals surface area contributed by atoms with Gasteiger partial charge in [0.2, 0.25) is 0 Å². The fraction of sp³-hybridized carbons (Fsp3) is 0.822. The maximum Gasteiger partial charge on any atom is 0.322 e. The molecule has 0 aliphatic carbocycles. The highest BCUT2D eigenvalue weighted by atomic mass is 16.5.